The predicted molar refractivity (Wildman–Crippen MR) is 101 cm³/mol. The Hall–Kier alpha value is -3.02. The molecule has 168 valence electrons. The van der Waals surface area contributed by atoms with Crippen molar-refractivity contribution in [2.45, 2.75) is 44.3 Å². The Labute approximate surface area is 175 Å². The van der Waals surface area contributed by atoms with Crippen LogP contribution in [-0.2, 0) is 0 Å². The quantitative estimate of drug-likeness (QED) is 0.478. The van der Waals surface area contributed by atoms with Crippen LogP contribution in [0.5, 0.6) is 17.5 Å². The topological polar surface area (TPSA) is 91.9 Å². The van der Waals surface area contributed by atoms with Gasteiger partial charge in [-0.3, -0.25) is 9.47 Å². The monoisotopic (exact) mass is 442 g/mol. The number of benzene rings is 1. The molecule has 0 amide bonds. The standard InChI is InChI=1S/C19H21F3N4O5/c1-12-17(30-18-23-16(26(27)28)10-25(12)18)15(24-8-2-3-9-24)11-29-13-4-6-14(7-5-13)31-19(20,21)22/h4-7,10,12,15,17H,2-3,8-9,11H2,1H3/t12?,15?,17-/m0/s1. The fourth-order valence-corrected chi connectivity index (χ4v) is 4.01. The van der Waals surface area contributed by atoms with E-state index in [4.69, 9.17) is 9.47 Å². The lowest BCUT2D eigenvalue weighted by Gasteiger charge is -2.33. The summed E-state index contributed by atoms with van der Waals surface area (Å²) in [5, 5.41) is 11.0. The first-order chi connectivity index (χ1) is 14.7. The first-order valence-electron chi connectivity index (χ1n) is 9.84. The van der Waals surface area contributed by atoms with Crippen molar-refractivity contribution in [3.8, 4) is 17.5 Å². The van der Waals surface area contributed by atoms with E-state index in [1.165, 1.54) is 30.5 Å². The van der Waals surface area contributed by atoms with Crippen LogP contribution in [-0.4, -0.2) is 57.6 Å². The van der Waals surface area contributed by atoms with Gasteiger partial charge in [0.1, 0.15) is 30.4 Å². The van der Waals surface area contributed by atoms with Crippen LogP contribution in [0.4, 0.5) is 19.0 Å². The summed E-state index contributed by atoms with van der Waals surface area (Å²) in [6.45, 7) is 3.86. The van der Waals surface area contributed by atoms with E-state index >= 15 is 0 Å². The fourth-order valence-electron chi connectivity index (χ4n) is 4.01. The van der Waals surface area contributed by atoms with Gasteiger partial charge in [-0.05, 0) is 62.0 Å². The molecule has 2 aliphatic rings. The zero-order chi connectivity index (χ0) is 22.2. The number of likely N-dealkylation sites (tertiary alicyclic amines) is 1. The maximum atomic E-state index is 12.3. The highest BCUT2D eigenvalue weighted by Crippen LogP contribution is 2.36. The molecule has 1 saturated heterocycles. The molecular weight excluding hydrogens is 421 g/mol. The molecule has 1 aromatic carbocycles. The number of ether oxygens (including phenoxy) is 3. The summed E-state index contributed by atoms with van der Waals surface area (Å²) in [5.74, 6) is -0.191. The van der Waals surface area contributed by atoms with Gasteiger partial charge in [0.25, 0.3) is 0 Å². The minimum Gasteiger partial charge on any atom is -0.492 e. The molecule has 3 heterocycles. The molecule has 0 N–H and O–H groups in total. The van der Waals surface area contributed by atoms with E-state index in [0.29, 0.717) is 5.75 Å². The molecule has 0 radical (unpaired) electrons. The van der Waals surface area contributed by atoms with E-state index in [-0.39, 0.29) is 42.4 Å². The maximum absolute atomic E-state index is 12.3. The van der Waals surface area contributed by atoms with E-state index in [2.05, 4.69) is 14.6 Å². The van der Waals surface area contributed by atoms with Crippen molar-refractivity contribution in [1.82, 2.24) is 14.5 Å². The summed E-state index contributed by atoms with van der Waals surface area (Å²) in [6, 6.07) is 5.04. The smallest absolute Gasteiger partial charge is 0.492 e. The van der Waals surface area contributed by atoms with Gasteiger partial charge in [0, 0.05) is 4.98 Å². The van der Waals surface area contributed by atoms with Crippen LogP contribution in [0.3, 0.4) is 0 Å². The van der Waals surface area contributed by atoms with Crippen molar-refractivity contribution in [1.29, 1.82) is 0 Å². The Morgan fingerprint density at radius 2 is 1.90 bits per heavy atom. The van der Waals surface area contributed by atoms with Crippen molar-refractivity contribution in [3.05, 3.63) is 40.6 Å². The second-order valence-electron chi connectivity index (χ2n) is 7.51. The number of hydrogen-bond donors (Lipinski definition) is 0. The van der Waals surface area contributed by atoms with E-state index in [0.717, 1.165) is 25.9 Å². The number of alkyl halides is 3. The van der Waals surface area contributed by atoms with Gasteiger partial charge in [-0.1, -0.05) is 0 Å². The third-order valence-electron chi connectivity index (χ3n) is 5.50. The molecular formula is C19H21F3N4O5. The van der Waals surface area contributed by atoms with Gasteiger partial charge in [0.2, 0.25) is 0 Å². The molecule has 3 atom stereocenters. The Kier molecular flexibility index (Phi) is 5.65. The first kappa shape index (κ1) is 21.2. The summed E-state index contributed by atoms with van der Waals surface area (Å²) in [6.07, 6.45) is -1.65. The molecule has 2 aliphatic heterocycles. The van der Waals surface area contributed by atoms with Crippen molar-refractivity contribution in [3.63, 3.8) is 0 Å². The molecule has 4 rings (SSSR count). The summed E-state index contributed by atoms with van der Waals surface area (Å²) >= 11 is 0. The second kappa shape index (κ2) is 8.25. The molecule has 0 aliphatic carbocycles. The number of aromatic nitrogens is 2. The number of halogens is 3. The largest absolute Gasteiger partial charge is 0.573 e. The zero-order valence-corrected chi connectivity index (χ0v) is 16.6. The Bertz CT molecular complexity index is 928. The van der Waals surface area contributed by atoms with Gasteiger partial charge in [0.15, 0.2) is 0 Å². The SMILES string of the molecule is CC1[C@@H](C(COc2ccc(OC(F)(F)F)cc2)N2CCCC2)Oc2nc([N+](=O)[O-])cn21. The molecule has 0 bridgehead atoms. The minimum atomic E-state index is -4.75. The molecule has 1 fully saturated rings. The van der Waals surface area contributed by atoms with Crippen LogP contribution < -0.4 is 14.2 Å². The van der Waals surface area contributed by atoms with Gasteiger partial charge in [-0.15, -0.1) is 13.2 Å². The van der Waals surface area contributed by atoms with E-state index in [1.807, 2.05) is 6.92 Å². The third kappa shape index (κ3) is 4.68. The van der Waals surface area contributed by atoms with E-state index in [9.17, 15) is 23.3 Å². The third-order valence-corrected chi connectivity index (χ3v) is 5.50. The van der Waals surface area contributed by atoms with Gasteiger partial charge in [0.05, 0.1) is 12.1 Å². The van der Waals surface area contributed by atoms with Crippen LogP contribution in [0.25, 0.3) is 0 Å². The van der Waals surface area contributed by atoms with Crippen molar-refractivity contribution >= 4 is 5.82 Å². The number of fused-ring (bicyclic) bond motifs is 1. The molecule has 2 unspecified atom stereocenters. The molecule has 2 aromatic rings. The second-order valence-corrected chi connectivity index (χ2v) is 7.51. The van der Waals surface area contributed by atoms with Crippen molar-refractivity contribution in [2.75, 3.05) is 19.7 Å². The van der Waals surface area contributed by atoms with Gasteiger partial charge < -0.3 is 24.3 Å². The summed E-state index contributed by atoms with van der Waals surface area (Å²) in [5.41, 5.74) is 0. The first-order valence-corrected chi connectivity index (χ1v) is 9.84. The van der Waals surface area contributed by atoms with Gasteiger partial charge in [-0.25, -0.2) is 0 Å². The Morgan fingerprint density at radius 3 is 2.48 bits per heavy atom. The molecule has 1 aromatic heterocycles. The van der Waals surface area contributed by atoms with Crippen LogP contribution in [0.1, 0.15) is 25.8 Å². The Balaban J connectivity index is 1.45. The van der Waals surface area contributed by atoms with E-state index in [1.54, 1.807) is 4.57 Å². The molecule has 31 heavy (non-hydrogen) atoms. The average molecular weight is 442 g/mol. The van der Waals surface area contributed by atoms with Crippen molar-refractivity contribution in [2.24, 2.45) is 0 Å². The normalized spacial score (nSPS) is 22.1. The maximum Gasteiger partial charge on any atom is 0.573 e. The average Bonchev–Trinajstić information content (AvgIpc) is 3.41. The highest BCUT2D eigenvalue weighted by Gasteiger charge is 2.44. The van der Waals surface area contributed by atoms with E-state index < -0.39 is 11.3 Å². The number of hydrogen-bond acceptors (Lipinski definition) is 7. The number of imidazole rings is 1. The molecule has 0 spiro atoms. The fraction of sp³-hybridized carbons (Fsp3) is 0.526. The minimum absolute atomic E-state index is 0.163. The summed E-state index contributed by atoms with van der Waals surface area (Å²) in [4.78, 5) is 16.6. The molecule has 12 heteroatoms. The summed E-state index contributed by atoms with van der Waals surface area (Å²) < 4.78 is 54.3. The van der Waals surface area contributed by atoms with Crippen LogP contribution in [0.15, 0.2) is 30.5 Å². The van der Waals surface area contributed by atoms with Crippen LogP contribution in [0.2, 0.25) is 0 Å². The van der Waals surface area contributed by atoms with Crippen LogP contribution >= 0.6 is 0 Å². The van der Waals surface area contributed by atoms with Crippen molar-refractivity contribution < 1.29 is 32.3 Å². The lowest BCUT2D eigenvalue weighted by molar-refractivity contribution is -0.389. The Morgan fingerprint density at radius 1 is 1.26 bits per heavy atom. The number of nitro groups is 1. The molecule has 0 saturated carbocycles. The van der Waals surface area contributed by atoms with Crippen LogP contribution in [0, 0.1) is 10.1 Å². The lowest BCUT2D eigenvalue weighted by atomic mass is 10.0. The summed E-state index contributed by atoms with van der Waals surface area (Å²) in [7, 11) is 0. The van der Waals surface area contributed by atoms with Gasteiger partial charge in [-0.2, -0.15) is 0 Å². The predicted octanol–water partition coefficient (Wildman–Crippen LogP) is 3.56. The zero-order valence-electron chi connectivity index (χ0n) is 16.6. The number of nitrogens with zero attached hydrogens (tertiary/aromatic N) is 4. The highest BCUT2D eigenvalue weighted by atomic mass is 19.4. The molecule has 9 nitrogen and oxygen atoms in total. The number of rotatable bonds is 7. The lowest BCUT2D eigenvalue weighted by Crippen LogP contribution is -2.49. The van der Waals surface area contributed by atoms with Gasteiger partial charge >= 0.3 is 18.2 Å². The highest BCUT2D eigenvalue weighted by molar-refractivity contribution is 5.31.